The molecule has 37 heavy (non-hydrogen) atoms. The van der Waals surface area contributed by atoms with Crippen LogP contribution in [0.2, 0.25) is 0 Å². The number of aliphatic hydroxyl groups excluding tert-OH is 1. The summed E-state index contributed by atoms with van der Waals surface area (Å²) in [4.78, 5) is 27.6. The fourth-order valence-corrected chi connectivity index (χ4v) is 3.78. The van der Waals surface area contributed by atoms with Gasteiger partial charge in [-0.25, -0.2) is 4.79 Å². The lowest BCUT2D eigenvalue weighted by Gasteiger charge is -2.19. The quantitative estimate of drug-likeness (QED) is 0.264. The molecule has 2 heterocycles. The van der Waals surface area contributed by atoms with Crippen molar-refractivity contribution in [2.45, 2.75) is 32.5 Å². The van der Waals surface area contributed by atoms with Gasteiger partial charge in [-0.05, 0) is 62.7 Å². The number of carbonyl (C=O) groups excluding carboxylic acids is 2. The first kappa shape index (κ1) is 25.6. The summed E-state index contributed by atoms with van der Waals surface area (Å²) in [6.07, 6.45) is 2.38. The normalized spacial score (nSPS) is 14.3. The van der Waals surface area contributed by atoms with Crippen LogP contribution >= 0.6 is 0 Å². The van der Waals surface area contributed by atoms with Crippen molar-refractivity contribution in [3.63, 3.8) is 0 Å². The number of esters is 1. The van der Waals surface area contributed by atoms with Crippen LogP contribution in [0.25, 0.3) is 11.6 Å². The monoisotopic (exact) mass is 500 g/mol. The van der Waals surface area contributed by atoms with E-state index in [0.717, 1.165) is 0 Å². The Morgan fingerprint density at radius 3 is 2.59 bits per heavy atom. The smallest absolute Gasteiger partial charge is 0.344 e. The number of hydrogen-bond donors (Lipinski definition) is 3. The third-order valence-electron chi connectivity index (χ3n) is 5.39. The Kier molecular flexibility index (Phi) is 7.37. The molecule has 1 aliphatic rings. The molecule has 0 fully saturated rings. The molecule has 3 N–H and O–H groups in total. The summed E-state index contributed by atoms with van der Waals surface area (Å²) in [6.45, 7) is 5.15. The number of H-pyrrole nitrogens is 1. The molecular formula is C29H28N2O6. The molecule has 4 rings (SSSR count). The maximum Gasteiger partial charge on any atom is 0.344 e. The van der Waals surface area contributed by atoms with E-state index in [1.54, 1.807) is 88.7 Å². The zero-order valence-corrected chi connectivity index (χ0v) is 21.0. The highest BCUT2D eigenvalue weighted by atomic mass is 16.6. The number of fused-ring (bicyclic) bond motifs is 1. The molecule has 1 amide bonds. The van der Waals surface area contributed by atoms with Crippen LogP contribution in [0.1, 0.15) is 49.3 Å². The van der Waals surface area contributed by atoms with E-state index in [9.17, 15) is 14.7 Å². The number of rotatable bonds is 6. The van der Waals surface area contributed by atoms with E-state index in [1.807, 2.05) is 0 Å². The number of ether oxygens (including phenoxy) is 3. The molecule has 1 aliphatic heterocycles. The molecule has 2 aromatic carbocycles. The number of aromatic nitrogens is 1. The minimum atomic E-state index is -1.07. The molecule has 190 valence electrons. The third kappa shape index (κ3) is 6.21. The molecule has 1 atom stereocenters. The molecule has 0 radical (unpaired) electrons. The summed E-state index contributed by atoms with van der Waals surface area (Å²) in [6, 6.07) is 13.8. The molecule has 1 unspecified atom stereocenters. The van der Waals surface area contributed by atoms with Crippen LogP contribution in [0.4, 0.5) is 5.69 Å². The lowest BCUT2D eigenvalue weighted by molar-refractivity contribution is -0.157. The summed E-state index contributed by atoms with van der Waals surface area (Å²) in [5.41, 5.74) is 3.00. The highest BCUT2D eigenvalue weighted by molar-refractivity contribution is 6.35. The highest BCUT2D eigenvalue weighted by Gasteiger charge is 2.27. The second-order valence-electron chi connectivity index (χ2n) is 9.32. The lowest BCUT2D eigenvalue weighted by atomic mass is 9.99. The summed E-state index contributed by atoms with van der Waals surface area (Å²) in [7, 11) is 1.56. The van der Waals surface area contributed by atoms with E-state index in [4.69, 9.17) is 14.2 Å². The van der Waals surface area contributed by atoms with Gasteiger partial charge in [-0.2, -0.15) is 0 Å². The van der Waals surface area contributed by atoms with Crippen molar-refractivity contribution >= 4 is 29.2 Å². The zero-order chi connectivity index (χ0) is 26.6. The van der Waals surface area contributed by atoms with Gasteiger partial charge in [-0.3, -0.25) is 4.79 Å². The summed E-state index contributed by atoms with van der Waals surface area (Å²) in [5, 5.41) is 13.5. The first-order valence-electron chi connectivity index (χ1n) is 11.7. The first-order chi connectivity index (χ1) is 17.6. The number of aromatic amines is 1. The molecule has 3 aromatic rings. The number of nitrogens with one attached hydrogen (secondary N) is 2. The SMILES string of the molecule is COc1cc[nH]c1/C=C1\C(=O)Nc2cccc(C#CC(O)c3ccc(OCC(=O)OC(C)(C)C)cc3)c21. The van der Waals surface area contributed by atoms with Gasteiger partial charge in [0.15, 0.2) is 6.61 Å². The molecule has 0 aliphatic carbocycles. The van der Waals surface area contributed by atoms with Crippen LogP contribution in [-0.2, 0) is 14.3 Å². The highest BCUT2D eigenvalue weighted by Crippen LogP contribution is 2.36. The van der Waals surface area contributed by atoms with Gasteiger partial charge in [0.25, 0.3) is 5.91 Å². The Hall–Kier alpha value is -4.48. The largest absolute Gasteiger partial charge is 0.495 e. The second kappa shape index (κ2) is 10.6. The number of carbonyl (C=O) groups is 2. The topological polar surface area (TPSA) is 110 Å². The number of hydrogen-bond acceptors (Lipinski definition) is 6. The number of amides is 1. The van der Waals surface area contributed by atoms with Gasteiger partial charge in [-0.15, -0.1) is 0 Å². The fourth-order valence-electron chi connectivity index (χ4n) is 3.78. The van der Waals surface area contributed by atoms with Crippen molar-refractivity contribution < 1.29 is 28.9 Å². The van der Waals surface area contributed by atoms with Crippen LogP contribution in [-0.4, -0.2) is 41.3 Å². The minimum Gasteiger partial charge on any atom is -0.495 e. The number of aliphatic hydroxyl groups is 1. The van der Waals surface area contributed by atoms with Gasteiger partial charge < -0.3 is 29.6 Å². The average Bonchev–Trinajstić information content (AvgIpc) is 3.44. The maximum atomic E-state index is 12.7. The van der Waals surface area contributed by atoms with Gasteiger partial charge in [-0.1, -0.05) is 30.0 Å². The van der Waals surface area contributed by atoms with Gasteiger partial charge in [0, 0.05) is 17.3 Å². The number of benzene rings is 2. The van der Waals surface area contributed by atoms with E-state index in [1.165, 1.54) is 0 Å². The molecule has 1 aromatic heterocycles. The van der Waals surface area contributed by atoms with E-state index >= 15 is 0 Å². The summed E-state index contributed by atoms with van der Waals surface area (Å²) in [5.74, 6) is 6.23. The third-order valence-corrected chi connectivity index (χ3v) is 5.39. The van der Waals surface area contributed by atoms with Crippen molar-refractivity contribution in [2.75, 3.05) is 19.0 Å². The van der Waals surface area contributed by atoms with Crippen molar-refractivity contribution in [2.24, 2.45) is 0 Å². The number of anilines is 1. The van der Waals surface area contributed by atoms with E-state index in [2.05, 4.69) is 22.1 Å². The van der Waals surface area contributed by atoms with E-state index in [0.29, 0.717) is 45.1 Å². The molecular weight excluding hydrogens is 472 g/mol. The maximum absolute atomic E-state index is 12.7. The number of methoxy groups -OCH3 is 1. The predicted molar refractivity (Wildman–Crippen MR) is 140 cm³/mol. The van der Waals surface area contributed by atoms with E-state index in [-0.39, 0.29) is 12.5 Å². The molecule has 0 saturated heterocycles. The van der Waals surface area contributed by atoms with Crippen LogP contribution in [0.5, 0.6) is 11.5 Å². The Morgan fingerprint density at radius 2 is 1.89 bits per heavy atom. The first-order valence-corrected chi connectivity index (χ1v) is 11.7. The molecule has 0 spiro atoms. The molecule has 0 saturated carbocycles. The fraction of sp³-hybridized carbons (Fsp3) is 0.241. The van der Waals surface area contributed by atoms with Gasteiger partial charge in [0.1, 0.15) is 23.2 Å². The Balaban J connectivity index is 1.50. The van der Waals surface area contributed by atoms with Gasteiger partial charge in [0.2, 0.25) is 0 Å². The molecule has 0 bridgehead atoms. The molecule has 8 heteroatoms. The predicted octanol–water partition coefficient (Wildman–Crippen LogP) is 4.32. The van der Waals surface area contributed by atoms with Crippen molar-refractivity contribution in [3.05, 3.63) is 77.1 Å². The standard InChI is InChI=1S/C29H28N2O6/c1-29(2,3)37-26(33)17-36-20-11-8-18(9-12-20)24(32)13-10-19-6-5-7-22-27(19)21(28(34)31-22)16-23-25(35-4)14-15-30-23/h5-9,11-12,14-16,24,30,32H,17H2,1-4H3,(H,31,34)/b21-16-. The van der Waals surface area contributed by atoms with Crippen LogP contribution in [0.3, 0.4) is 0 Å². The average molecular weight is 501 g/mol. The van der Waals surface area contributed by atoms with Crippen LogP contribution in [0, 0.1) is 11.8 Å². The van der Waals surface area contributed by atoms with Gasteiger partial charge in [0.05, 0.1) is 24.1 Å². The van der Waals surface area contributed by atoms with Crippen molar-refractivity contribution in [1.82, 2.24) is 4.98 Å². The Labute approximate surface area is 215 Å². The van der Waals surface area contributed by atoms with Gasteiger partial charge >= 0.3 is 5.97 Å². The van der Waals surface area contributed by atoms with Crippen molar-refractivity contribution in [3.8, 4) is 23.3 Å². The lowest BCUT2D eigenvalue weighted by Crippen LogP contribution is -2.27. The van der Waals surface area contributed by atoms with Crippen LogP contribution in [0.15, 0.2) is 54.7 Å². The summed E-state index contributed by atoms with van der Waals surface area (Å²) < 4.78 is 16.0. The van der Waals surface area contributed by atoms with Crippen LogP contribution < -0.4 is 14.8 Å². The van der Waals surface area contributed by atoms with Crippen molar-refractivity contribution in [1.29, 1.82) is 0 Å². The Bertz CT molecular complexity index is 1400. The Morgan fingerprint density at radius 1 is 1.14 bits per heavy atom. The second-order valence-corrected chi connectivity index (χ2v) is 9.32. The zero-order valence-electron chi connectivity index (χ0n) is 21.0. The minimum absolute atomic E-state index is 0.213. The summed E-state index contributed by atoms with van der Waals surface area (Å²) >= 11 is 0. The van der Waals surface area contributed by atoms with E-state index < -0.39 is 17.7 Å². The molecule has 8 nitrogen and oxygen atoms in total.